The number of fused-ring (bicyclic) bond motifs is 1. The fraction of sp³-hybridized carbons (Fsp3) is 0.273. The summed E-state index contributed by atoms with van der Waals surface area (Å²) in [5.41, 5.74) is 4.15. The van der Waals surface area contributed by atoms with Gasteiger partial charge in [0.15, 0.2) is 0 Å². The third kappa shape index (κ3) is 7.52. The Balaban J connectivity index is 1.11. The first-order valence-corrected chi connectivity index (χ1v) is 13.5. The van der Waals surface area contributed by atoms with Crippen LogP contribution in [0.1, 0.15) is 29.5 Å². The predicted octanol–water partition coefficient (Wildman–Crippen LogP) is 6.34. The zero-order chi connectivity index (χ0) is 27.0. The van der Waals surface area contributed by atoms with Crippen molar-refractivity contribution in [3.63, 3.8) is 0 Å². The van der Waals surface area contributed by atoms with Gasteiger partial charge in [-0.05, 0) is 85.1 Å². The summed E-state index contributed by atoms with van der Waals surface area (Å²) in [6.07, 6.45) is 7.00. The summed E-state index contributed by atoms with van der Waals surface area (Å²) in [7, 11) is 2.12. The number of hydrogen-bond acceptors (Lipinski definition) is 4. The highest BCUT2D eigenvalue weighted by Crippen LogP contribution is 2.21. The largest absolute Gasteiger partial charge is 0.493 e. The van der Waals surface area contributed by atoms with E-state index in [0.29, 0.717) is 18.7 Å². The number of nitrogens with zero attached hydrogens (tertiary/aromatic N) is 3. The van der Waals surface area contributed by atoms with Crippen LogP contribution in [0.25, 0.3) is 17.0 Å². The highest BCUT2D eigenvalue weighted by molar-refractivity contribution is 5.91. The lowest BCUT2D eigenvalue weighted by Crippen LogP contribution is -2.40. The van der Waals surface area contributed by atoms with Crippen LogP contribution in [-0.4, -0.2) is 47.4 Å². The molecule has 1 atom stereocenters. The quantitative estimate of drug-likeness (QED) is 0.240. The number of carbonyl (C=O) groups excluding carboxylic acids is 1. The molecular formula is C33H34FN3O2. The van der Waals surface area contributed by atoms with E-state index in [9.17, 15) is 9.18 Å². The normalized spacial score (nSPS) is 15.8. The molecule has 0 aliphatic carbocycles. The van der Waals surface area contributed by atoms with Crippen LogP contribution < -0.4 is 4.74 Å². The SMILES string of the molecule is CN(Cc1cccc(OC[C@H]2CCCN(C(=O)/C=C/c3cccc(F)c3)C2)c1)Cc1ccc2ncccc2c1. The molecule has 1 aliphatic rings. The van der Waals surface area contributed by atoms with E-state index in [-0.39, 0.29) is 17.6 Å². The Morgan fingerprint density at radius 1 is 1.05 bits per heavy atom. The van der Waals surface area contributed by atoms with Crippen LogP contribution in [0.15, 0.2) is 91.1 Å². The van der Waals surface area contributed by atoms with E-state index in [1.165, 1.54) is 29.3 Å². The number of halogens is 1. The summed E-state index contributed by atoms with van der Waals surface area (Å²) in [6.45, 7) is 3.62. The number of likely N-dealkylation sites (tertiary alicyclic amines) is 1. The first kappa shape index (κ1) is 26.6. The number of rotatable bonds is 9. The summed E-state index contributed by atoms with van der Waals surface area (Å²) in [4.78, 5) is 21.3. The summed E-state index contributed by atoms with van der Waals surface area (Å²) < 4.78 is 19.6. The van der Waals surface area contributed by atoms with Gasteiger partial charge in [0.05, 0.1) is 12.1 Å². The van der Waals surface area contributed by atoms with Crippen molar-refractivity contribution in [2.45, 2.75) is 25.9 Å². The molecule has 0 spiro atoms. The molecule has 39 heavy (non-hydrogen) atoms. The molecule has 1 aliphatic heterocycles. The molecule has 0 N–H and O–H groups in total. The second-order valence-corrected chi connectivity index (χ2v) is 10.3. The summed E-state index contributed by atoms with van der Waals surface area (Å²) in [6, 6.07) is 25.0. The lowest BCUT2D eigenvalue weighted by Gasteiger charge is -2.32. The molecule has 2 heterocycles. The Kier molecular flexibility index (Phi) is 8.64. The van der Waals surface area contributed by atoms with Gasteiger partial charge in [0.25, 0.3) is 0 Å². The van der Waals surface area contributed by atoms with Crippen molar-refractivity contribution in [3.8, 4) is 5.75 Å². The van der Waals surface area contributed by atoms with Crippen LogP contribution in [0.5, 0.6) is 5.75 Å². The highest BCUT2D eigenvalue weighted by Gasteiger charge is 2.23. The lowest BCUT2D eigenvalue weighted by molar-refractivity contribution is -0.127. The number of amides is 1. The Labute approximate surface area is 229 Å². The summed E-state index contributed by atoms with van der Waals surface area (Å²) in [5, 5.41) is 1.16. The maximum absolute atomic E-state index is 13.4. The molecule has 1 fully saturated rings. The van der Waals surface area contributed by atoms with Crippen molar-refractivity contribution >= 4 is 22.9 Å². The zero-order valence-electron chi connectivity index (χ0n) is 22.3. The van der Waals surface area contributed by atoms with Gasteiger partial charge in [-0.15, -0.1) is 0 Å². The van der Waals surface area contributed by atoms with Crippen LogP contribution in [0, 0.1) is 11.7 Å². The fourth-order valence-corrected chi connectivity index (χ4v) is 5.13. The number of aromatic nitrogens is 1. The minimum absolute atomic E-state index is 0.0447. The van der Waals surface area contributed by atoms with Gasteiger partial charge in [-0.3, -0.25) is 14.7 Å². The maximum atomic E-state index is 13.4. The van der Waals surface area contributed by atoms with Crippen LogP contribution in [0.3, 0.4) is 0 Å². The first-order valence-electron chi connectivity index (χ1n) is 13.5. The Bertz CT molecular complexity index is 1450. The molecule has 1 amide bonds. The van der Waals surface area contributed by atoms with Gasteiger partial charge in [-0.2, -0.15) is 0 Å². The molecule has 4 aromatic rings. The Morgan fingerprint density at radius 2 is 1.90 bits per heavy atom. The van der Waals surface area contributed by atoms with E-state index >= 15 is 0 Å². The Hall–Kier alpha value is -4.03. The van der Waals surface area contributed by atoms with Gasteiger partial charge in [0.2, 0.25) is 5.91 Å². The molecule has 5 rings (SSSR count). The zero-order valence-corrected chi connectivity index (χ0v) is 22.3. The van der Waals surface area contributed by atoms with Crippen LogP contribution in [0.2, 0.25) is 0 Å². The van der Waals surface area contributed by atoms with E-state index in [1.54, 1.807) is 18.2 Å². The third-order valence-corrected chi connectivity index (χ3v) is 7.05. The second-order valence-electron chi connectivity index (χ2n) is 10.3. The predicted molar refractivity (Wildman–Crippen MR) is 154 cm³/mol. The van der Waals surface area contributed by atoms with Crippen molar-refractivity contribution in [1.82, 2.24) is 14.8 Å². The lowest BCUT2D eigenvalue weighted by atomic mass is 9.99. The van der Waals surface area contributed by atoms with E-state index in [0.717, 1.165) is 49.1 Å². The fourth-order valence-electron chi connectivity index (χ4n) is 5.13. The van der Waals surface area contributed by atoms with Gasteiger partial charge in [-0.25, -0.2) is 4.39 Å². The summed E-state index contributed by atoms with van der Waals surface area (Å²) >= 11 is 0. The number of ether oxygens (including phenoxy) is 1. The number of hydrogen-bond donors (Lipinski definition) is 0. The topological polar surface area (TPSA) is 45.7 Å². The standard InChI is InChI=1S/C33H34FN3O2/c1-36(22-27-12-14-32-29(18-27)9-4-16-35-32)21-26-7-3-11-31(20-26)39-24-28-8-5-17-37(23-28)33(38)15-13-25-6-2-10-30(34)19-25/h2-4,6-7,9-16,18-20,28H,5,8,17,21-24H2,1H3/b15-13+/t28-/m0/s1. The van der Waals surface area contributed by atoms with Crippen molar-refractivity contribution in [3.05, 3.63) is 114 Å². The van der Waals surface area contributed by atoms with E-state index in [1.807, 2.05) is 29.3 Å². The van der Waals surface area contributed by atoms with Crippen molar-refractivity contribution in [2.24, 2.45) is 5.92 Å². The van der Waals surface area contributed by atoms with Crippen LogP contribution in [-0.2, 0) is 17.9 Å². The molecule has 200 valence electrons. The molecule has 5 nitrogen and oxygen atoms in total. The monoisotopic (exact) mass is 523 g/mol. The van der Waals surface area contributed by atoms with E-state index in [2.05, 4.69) is 53.3 Å². The molecule has 1 aromatic heterocycles. The number of benzene rings is 3. The van der Waals surface area contributed by atoms with Gasteiger partial charge < -0.3 is 9.64 Å². The third-order valence-electron chi connectivity index (χ3n) is 7.05. The van der Waals surface area contributed by atoms with E-state index < -0.39 is 0 Å². The number of pyridine rings is 1. The van der Waals surface area contributed by atoms with Crippen LogP contribution >= 0.6 is 0 Å². The van der Waals surface area contributed by atoms with Gasteiger partial charge in [-0.1, -0.05) is 36.4 Å². The minimum atomic E-state index is -0.307. The van der Waals surface area contributed by atoms with Crippen molar-refractivity contribution in [2.75, 3.05) is 26.7 Å². The first-order chi connectivity index (χ1) is 19.0. The van der Waals surface area contributed by atoms with Gasteiger partial charge in [0.1, 0.15) is 11.6 Å². The maximum Gasteiger partial charge on any atom is 0.246 e. The highest BCUT2D eigenvalue weighted by atomic mass is 19.1. The average Bonchev–Trinajstić information content (AvgIpc) is 2.95. The van der Waals surface area contributed by atoms with Crippen molar-refractivity contribution < 1.29 is 13.9 Å². The Morgan fingerprint density at radius 3 is 2.77 bits per heavy atom. The molecule has 0 unspecified atom stereocenters. The van der Waals surface area contributed by atoms with Gasteiger partial charge >= 0.3 is 0 Å². The summed E-state index contributed by atoms with van der Waals surface area (Å²) in [5.74, 6) is 0.779. The van der Waals surface area contributed by atoms with Gasteiger partial charge in [0, 0.05) is 49.8 Å². The van der Waals surface area contributed by atoms with E-state index in [4.69, 9.17) is 4.74 Å². The molecular weight excluding hydrogens is 489 g/mol. The number of piperidine rings is 1. The van der Waals surface area contributed by atoms with Crippen molar-refractivity contribution in [1.29, 1.82) is 0 Å². The minimum Gasteiger partial charge on any atom is -0.493 e. The molecule has 1 saturated heterocycles. The molecule has 0 radical (unpaired) electrons. The number of carbonyl (C=O) groups is 1. The molecule has 3 aromatic carbocycles. The smallest absolute Gasteiger partial charge is 0.246 e. The molecule has 6 heteroatoms. The van der Waals surface area contributed by atoms with Crippen LogP contribution in [0.4, 0.5) is 4.39 Å². The molecule has 0 bridgehead atoms. The molecule has 0 saturated carbocycles. The second kappa shape index (κ2) is 12.7. The average molecular weight is 524 g/mol.